The van der Waals surface area contributed by atoms with Crippen molar-refractivity contribution in [3.8, 4) is 0 Å². The molecule has 67 heavy (non-hydrogen) atoms. The van der Waals surface area contributed by atoms with Crippen LogP contribution in [0.2, 0.25) is 0 Å². The van der Waals surface area contributed by atoms with E-state index in [-0.39, 0.29) is 78.1 Å². The molecule has 4 atom stereocenters. The molecule has 0 aliphatic rings. The molecule has 0 spiro atoms. The third-order valence-electron chi connectivity index (χ3n) is 9.78. The molecule has 2 aromatic heterocycles. The van der Waals surface area contributed by atoms with Gasteiger partial charge < -0.3 is 46.0 Å². The zero-order valence-corrected chi connectivity index (χ0v) is 38.2. The lowest BCUT2D eigenvalue weighted by Gasteiger charge is -2.26. The van der Waals surface area contributed by atoms with Crippen molar-refractivity contribution in [2.45, 2.75) is 69.8 Å². The number of aromatic nitrogens is 6. The molecule has 6 aromatic rings. The number of aromatic carboxylic acids is 1. The minimum absolute atomic E-state index is 0.0733. The number of aliphatic hydroxyl groups is 4. The van der Waals surface area contributed by atoms with Crippen LogP contribution in [0.25, 0.3) is 12.2 Å². The molecule has 0 fully saturated rings. The van der Waals surface area contributed by atoms with E-state index in [0.29, 0.717) is 29.3 Å². The fourth-order valence-electron chi connectivity index (χ4n) is 6.94. The first-order valence-corrected chi connectivity index (χ1v) is 22.8. The highest BCUT2D eigenvalue weighted by Gasteiger charge is 2.21. The number of rotatable bonds is 22. The van der Waals surface area contributed by atoms with Crippen molar-refractivity contribution >= 4 is 63.4 Å². The third-order valence-corrected chi connectivity index (χ3v) is 10.7. The van der Waals surface area contributed by atoms with E-state index in [1.54, 1.807) is 92.1 Å². The van der Waals surface area contributed by atoms with Crippen LogP contribution in [0.4, 0.5) is 35.2 Å². The summed E-state index contributed by atoms with van der Waals surface area (Å²) in [4.78, 5) is 41.9. The molecule has 6 rings (SSSR count). The van der Waals surface area contributed by atoms with E-state index >= 15 is 0 Å². The van der Waals surface area contributed by atoms with Crippen molar-refractivity contribution < 1.29 is 43.3 Å². The Labute approximate surface area is 388 Å². The summed E-state index contributed by atoms with van der Waals surface area (Å²) in [6.07, 6.45) is 0.716. The fourth-order valence-corrected chi connectivity index (χ4v) is 7.65. The van der Waals surface area contributed by atoms with Gasteiger partial charge in [-0.15, -0.1) is 0 Å². The number of carbonyl (C=O) groups is 1. The molecule has 2 heterocycles. The van der Waals surface area contributed by atoms with E-state index < -0.39 is 40.5 Å². The highest BCUT2D eigenvalue weighted by atomic mass is 32.2. The Balaban J connectivity index is 1.24. The molecule has 19 nitrogen and oxygen atoms in total. The van der Waals surface area contributed by atoms with Crippen LogP contribution in [0.3, 0.4) is 0 Å². The van der Waals surface area contributed by atoms with Crippen LogP contribution in [0, 0.1) is 0 Å². The van der Waals surface area contributed by atoms with Crippen molar-refractivity contribution in [2.24, 2.45) is 0 Å². The van der Waals surface area contributed by atoms with Crippen LogP contribution >= 0.6 is 0 Å². The van der Waals surface area contributed by atoms with Crippen molar-refractivity contribution in [2.75, 3.05) is 46.6 Å². The number of nitrogens with zero attached hydrogens (tertiary/aromatic N) is 8. The van der Waals surface area contributed by atoms with Crippen LogP contribution in [0.5, 0.6) is 0 Å². The number of anilines is 6. The van der Waals surface area contributed by atoms with Gasteiger partial charge in [-0.2, -0.15) is 38.3 Å². The molecule has 0 bridgehead atoms. The summed E-state index contributed by atoms with van der Waals surface area (Å²) in [6.45, 7) is 6.95. The lowest BCUT2D eigenvalue weighted by Crippen LogP contribution is -2.38. The predicted molar refractivity (Wildman–Crippen MR) is 254 cm³/mol. The molecule has 0 amide bonds. The van der Waals surface area contributed by atoms with Crippen LogP contribution in [-0.4, -0.2) is 125 Å². The second-order valence-electron chi connectivity index (χ2n) is 16.2. The maximum absolute atomic E-state index is 12.8. The van der Waals surface area contributed by atoms with Gasteiger partial charge in [-0.1, -0.05) is 72.8 Å². The van der Waals surface area contributed by atoms with Crippen LogP contribution in [-0.2, 0) is 23.0 Å². The minimum Gasteiger partial charge on any atom is -0.478 e. The SMILES string of the molecule is CC(O)CN(CC(C)O)c1nc(Cc2ccc(C(=O)O)cc2)nc(Nc2ccc(/C=C/c3ccc(Nc4nc(Cc5ccccc5)nc(N(CC(C)O)CC(C)O)n4)cc3S(=O)(=O)O)cc2)n1. The van der Waals surface area contributed by atoms with Gasteiger partial charge in [-0.3, -0.25) is 4.55 Å². The zero-order valence-electron chi connectivity index (χ0n) is 37.3. The first-order valence-electron chi connectivity index (χ1n) is 21.4. The highest BCUT2D eigenvalue weighted by Crippen LogP contribution is 2.27. The minimum atomic E-state index is -4.74. The molecular weight excluding hydrogens is 881 g/mol. The topological polar surface area (TPSA) is 280 Å². The molecule has 0 aliphatic heterocycles. The van der Waals surface area contributed by atoms with Gasteiger partial charge in [0, 0.05) is 50.4 Å². The van der Waals surface area contributed by atoms with Crippen molar-refractivity contribution in [1.82, 2.24) is 29.9 Å². The standard InChI is InChI=1S/C47H54N10O9S/c1-29(58)25-56(26-30(2)59)46-53-42(23-35-11-16-37(17-12-35)43(62)63)50-44(54-46)48-38-19-13-33(14-20-38)10-15-36-18-21-39(24-40(36)67(64,65)66)49-45-51-41(22-34-8-6-5-7-9-34)52-47(55-45)57(27-31(3)60)28-32(4)61/h5-21,24,29-32,58-61H,22-23,25-28H2,1-4H3,(H,62,63)(H,64,65,66)(H,48,50,53,54)(H,49,51,52,55)/b15-10+. The number of hydrogen-bond acceptors (Lipinski definition) is 17. The van der Waals surface area contributed by atoms with E-state index in [2.05, 4.69) is 40.5 Å². The largest absolute Gasteiger partial charge is 0.478 e. The first kappa shape index (κ1) is 49.5. The van der Waals surface area contributed by atoms with Gasteiger partial charge in [0.05, 0.1) is 30.0 Å². The van der Waals surface area contributed by atoms with E-state index in [4.69, 9.17) is 0 Å². The molecule has 4 unspecified atom stereocenters. The summed E-state index contributed by atoms with van der Waals surface area (Å²) >= 11 is 0. The molecule has 0 radical (unpaired) electrons. The second kappa shape index (κ2) is 22.5. The average molecular weight is 935 g/mol. The number of benzene rings is 4. The van der Waals surface area contributed by atoms with Gasteiger partial charge in [0.15, 0.2) is 0 Å². The van der Waals surface area contributed by atoms with Gasteiger partial charge >= 0.3 is 5.97 Å². The van der Waals surface area contributed by atoms with E-state index in [9.17, 15) is 43.3 Å². The van der Waals surface area contributed by atoms with E-state index in [1.807, 2.05) is 30.3 Å². The van der Waals surface area contributed by atoms with Gasteiger partial charge in [-0.25, -0.2) is 4.79 Å². The summed E-state index contributed by atoms with van der Waals surface area (Å²) in [5.74, 6) is 0.342. The van der Waals surface area contributed by atoms with Crippen molar-refractivity contribution in [3.63, 3.8) is 0 Å². The summed E-state index contributed by atoms with van der Waals surface area (Å²) < 4.78 is 35.8. The average Bonchev–Trinajstić information content (AvgIpc) is 3.25. The van der Waals surface area contributed by atoms with Crippen molar-refractivity contribution in [3.05, 3.63) is 137 Å². The lowest BCUT2D eigenvalue weighted by molar-refractivity contribution is 0.0696. The Morgan fingerprint density at radius 2 is 1.06 bits per heavy atom. The zero-order chi connectivity index (χ0) is 48.3. The third kappa shape index (κ3) is 15.0. The van der Waals surface area contributed by atoms with Crippen LogP contribution in [0.15, 0.2) is 102 Å². The summed E-state index contributed by atoms with van der Waals surface area (Å²) in [7, 11) is -4.74. The summed E-state index contributed by atoms with van der Waals surface area (Å²) in [5.41, 5.74) is 3.53. The fraction of sp³-hybridized carbons (Fsp3) is 0.298. The molecule has 0 saturated heterocycles. The number of aliphatic hydroxyl groups excluding tert-OH is 4. The number of nitrogens with one attached hydrogen (secondary N) is 2. The molecule has 4 aromatic carbocycles. The van der Waals surface area contributed by atoms with Gasteiger partial charge in [0.25, 0.3) is 10.1 Å². The number of carboxylic acids is 1. The Morgan fingerprint density at radius 3 is 1.52 bits per heavy atom. The Kier molecular flexibility index (Phi) is 16.6. The normalized spacial score (nSPS) is 13.4. The van der Waals surface area contributed by atoms with Crippen molar-refractivity contribution in [1.29, 1.82) is 0 Å². The first-order chi connectivity index (χ1) is 31.9. The number of carboxylic acid groups (broad SMARTS) is 1. The van der Waals surface area contributed by atoms with E-state index in [1.165, 1.54) is 24.3 Å². The quantitative estimate of drug-likeness (QED) is 0.0329. The summed E-state index contributed by atoms with van der Waals surface area (Å²) in [5, 5.41) is 56.4. The van der Waals surface area contributed by atoms with Gasteiger partial charge in [0.2, 0.25) is 23.8 Å². The Bertz CT molecular complexity index is 2720. The molecule has 352 valence electrons. The smallest absolute Gasteiger partial charge is 0.335 e. The maximum atomic E-state index is 12.8. The molecule has 0 aliphatic carbocycles. The number of hydrogen-bond donors (Lipinski definition) is 8. The second-order valence-corrected chi connectivity index (χ2v) is 17.6. The molecular formula is C47H54N10O9S. The lowest BCUT2D eigenvalue weighted by atomic mass is 10.1. The Morgan fingerprint density at radius 1 is 0.597 bits per heavy atom. The monoisotopic (exact) mass is 934 g/mol. The predicted octanol–water partition coefficient (Wildman–Crippen LogP) is 4.98. The van der Waals surface area contributed by atoms with Gasteiger partial charge in [0.1, 0.15) is 16.5 Å². The highest BCUT2D eigenvalue weighted by molar-refractivity contribution is 7.86. The summed E-state index contributed by atoms with van der Waals surface area (Å²) in [6, 6.07) is 27.3. The molecule has 8 N–H and O–H groups in total. The van der Waals surface area contributed by atoms with Crippen LogP contribution in [0.1, 0.15) is 72.0 Å². The van der Waals surface area contributed by atoms with Crippen LogP contribution < -0.4 is 20.4 Å². The Hall–Kier alpha value is -6.94. The van der Waals surface area contributed by atoms with Gasteiger partial charge in [-0.05, 0) is 86.3 Å². The maximum Gasteiger partial charge on any atom is 0.335 e. The molecule has 20 heteroatoms. The van der Waals surface area contributed by atoms with E-state index in [0.717, 1.165) is 11.1 Å². The molecule has 0 saturated carbocycles.